The first kappa shape index (κ1) is 28.5. The van der Waals surface area contributed by atoms with Gasteiger partial charge in [-0.25, -0.2) is 19.8 Å². The molecule has 3 aliphatic rings. The Balaban J connectivity index is 1.12. The van der Waals surface area contributed by atoms with Gasteiger partial charge in [0.1, 0.15) is 11.3 Å². The Morgan fingerprint density at radius 1 is 0.951 bits per heavy atom. The molecular formula is C30H39N7O4. The molecule has 0 radical (unpaired) electrons. The third kappa shape index (κ3) is 7.01. The average Bonchev–Trinajstić information content (AvgIpc) is 3.47. The lowest BCUT2D eigenvalue weighted by Gasteiger charge is -2.34. The minimum Gasteiger partial charge on any atom is -0.444 e. The maximum atomic E-state index is 13.4. The Morgan fingerprint density at radius 2 is 1.66 bits per heavy atom. The van der Waals surface area contributed by atoms with Crippen LogP contribution in [0.2, 0.25) is 0 Å². The van der Waals surface area contributed by atoms with Crippen molar-refractivity contribution in [1.29, 1.82) is 0 Å². The number of likely N-dealkylation sites (tertiary alicyclic amines) is 1. The van der Waals surface area contributed by atoms with Crippen molar-refractivity contribution in [2.75, 3.05) is 31.1 Å². The molecule has 2 saturated heterocycles. The number of nitrogens with one attached hydrogen (secondary N) is 1. The van der Waals surface area contributed by atoms with Crippen molar-refractivity contribution >= 4 is 30.1 Å². The van der Waals surface area contributed by atoms with E-state index >= 15 is 0 Å². The Kier molecular flexibility index (Phi) is 8.51. The molecule has 11 heteroatoms. The molecule has 3 aliphatic heterocycles. The zero-order valence-corrected chi connectivity index (χ0v) is 24.0. The van der Waals surface area contributed by atoms with Crippen LogP contribution in [0.1, 0.15) is 75.0 Å². The number of ether oxygens (including phenoxy) is 1. The lowest BCUT2D eigenvalue weighted by atomic mass is 9.94. The molecule has 41 heavy (non-hydrogen) atoms. The minimum absolute atomic E-state index is 0.0469. The highest BCUT2D eigenvalue weighted by atomic mass is 16.6. The molecule has 4 heterocycles. The standard InChI is InChI=1S/C30H39N7O4/c1-30(2,3)41-29(40)36-19-13-23(14-20-36)33-26(38)24-9-15-31-28(34-24)35-17-11-22(12-18-35)27(39)37-25(10-16-32-37)21-7-5-4-6-8-21/h4-9,15-16,22-23,25H,10-14,17-20H2,1-3H3,(H,33,38). The third-order valence-electron chi connectivity index (χ3n) is 7.72. The number of anilines is 1. The minimum atomic E-state index is -0.536. The van der Waals surface area contributed by atoms with E-state index in [0.29, 0.717) is 63.5 Å². The Labute approximate surface area is 241 Å². The van der Waals surface area contributed by atoms with Crippen LogP contribution in [0.4, 0.5) is 10.7 Å². The maximum Gasteiger partial charge on any atom is 0.410 e. The van der Waals surface area contributed by atoms with Crippen LogP contribution in [0.25, 0.3) is 0 Å². The van der Waals surface area contributed by atoms with Gasteiger partial charge in [0.15, 0.2) is 0 Å². The first-order valence-electron chi connectivity index (χ1n) is 14.4. The molecule has 2 fully saturated rings. The number of hydrazone groups is 1. The van der Waals surface area contributed by atoms with E-state index in [1.807, 2.05) is 62.2 Å². The lowest BCUT2D eigenvalue weighted by Crippen LogP contribution is -2.48. The first-order chi connectivity index (χ1) is 19.7. The predicted octanol–water partition coefficient (Wildman–Crippen LogP) is 3.78. The zero-order valence-electron chi connectivity index (χ0n) is 24.0. The summed E-state index contributed by atoms with van der Waals surface area (Å²) in [5, 5.41) is 9.10. The quantitative estimate of drug-likeness (QED) is 0.590. The van der Waals surface area contributed by atoms with Gasteiger partial charge in [-0.1, -0.05) is 30.3 Å². The van der Waals surface area contributed by atoms with Crippen molar-refractivity contribution in [3.8, 4) is 0 Å². The molecule has 1 unspecified atom stereocenters. The van der Waals surface area contributed by atoms with Gasteiger partial charge in [0.25, 0.3) is 5.91 Å². The predicted molar refractivity (Wildman–Crippen MR) is 154 cm³/mol. The van der Waals surface area contributed by atoms with E-state index in [0.717, 1.165) is 12.0 Å². The molecule has 1 N–H and O–H groups in total. The number of hydrogen-bond acceptors (Lipinski definition) is 8. The fourth-order valence-electron chi connectivity index (χ4n) is 5.51. The van der Waals surface area contributed by atoms with Crippen molar-refractivity contribution in [3.63, 3.8) is 0 Å². The summed E-state index contributed by atoms with van der Waals surface area (Å²) in [4.78, 5) is 51.3. The van der Waals surface area contributed by atoms with Crippen LogP contribution >= 0.6 is 0 Å². The number of aromatic nitrogens is 2. The van der Waals surface area contributed by atoms with Gasteiger partial charge in [0, 0.05) is 57.0 Å². The molecule has 3 amide bonds. The van der Waals surface area contributed by atoms with Gasteiger partial charge in [0.05, 0.1) is 6.04 Å². The van der Waals surface area contributed by atoms with Crippen LogP contribution in [-0.4, -0.2) is 81.8 Å². The van der Waals surface area contributed by atoms with E-state index in [1.165, 1.54) is 0 Å². The molecule has 0 aliphatic carbocycles. The van der Waals surface area contributed by atoms with Gasteiger partial charge in [-0.05, 0) is 58.1 Å². The number of piperidine rings is 2. The molecule has 11 nitrogen and oxygen atoms in total. The molecule has 2 aromatic rings. The van der Waals surface area contributed by atoms with E-state index in [4.69, 9.17) is 4.74 Å². The number of amides is 3. The largest absolute Gasteiger partial charge is 0.444 e. The van der Waals surface area contributed by atoms with Crippen molar-refractivity contribution in [1.82, 2.24) is 25.2 Å². The van der Waals surface area contributed by atoms with E-state index in [2.05, 4.69) is 20.4 Å². The van der Waals surface area contributed by atoms with Gasteiger partial charge >= 0.3 is 6.09 Å². The smallest absolute Gasteiger partial charge is 0.410 e. The molecular weight excluding hydrogens is 522 g/mol. The topological polar surface area (TPSA) is 120 Å². The zero-order chi connectivity index (χ0) is 29.0. The molecule has 1 aromatic carbocycles. The number of benzene rings is 1. The second-order valence-electron chi connectivity index (χ2n) is 11.9. The van der Waals surface area contributed by atoms with E-state index < -0.39 is 5.60 Å². The molecule has 5 rings (SSSR count). The highest BCUT2D eigenvalue weighted by Gasteiger charge is 2.35. The lowest BCUT2D eigenvalue weighted by molar-refractivity contribution is -0.138. The Bertz CT molecular complexity index is 1260. The van der Waals surface area contributed by atoms with Crippen molar-refractivity contribution in [2.45, 2.75) is 70.6 Å². The summed E-state index contributed by atoms with van der Waals surface area (Å²) in [6.07, 6.45) is 6.46. The molecule has 0 bridgehead atoms. The second kappa shape index (κ2) is 12.2. The van der Waals surface area contributed by atoms with E-state index in [9.17, 15) is 14.4 Å². The summed E-state index contributed by atoms with van der Waals surface area (Å²) in [6.45, 7) is 7.84. The molecule has 1 atom stereocenters. The van der Waals surface area contributed by atoms with Crippen LogP contribution in [-0.2, 0) is 9.53 Å². The summed E-state index contributed by atoms with van der Waals surface area (Å²) < 4.78 is 5.45. The fourth-order valence-corrected chi connectivity index (χ4v) is 5.51. The van der Waals surface area contributed by atoms with Crippen LogP contribution in [0, 0.1) is 5.92 Å². The summed E-state index contributed by atoms with van der Waals surface area (Å²) >= 11 is 0. The monoisotopic (exact) mass is 561 g/mol. The molecule has 218 valence electrons. The Hall–Kier alpha value is -4.02. The van der Waals surface area contributed by atoms with Crippen LogP contribution < -0.4 is 10.2 Å². The number of nitrogens with zero attached hydrogens (tertiary/aromatic N) is 6. The Morgan fingerprint density at radius 3 is 2.34 bits per heavy atom. The highest BCUT2D eigenvalue weighted by Crippen LogP contribution is 2.32. The van der Waals surface area contributed by atoms with Crippen molar-refractivity contribution < 1.29 is 19.1 Å². The number of carbonyl (C=O) groups excluding carboxylic acids is 3. The van der Waals surface area contributed by atoms with Gasteiger partial charge in [0.2, 0.25) is 11.9 Å². The molecule has 1 aromatic heterocycles. The molecule has 0 spiro atoms. The summed E-state index contributed by atoms with van der Waals surface area (Å²) in [5.74, 6) is 0.169. The van der Waals surface area contributed by atoms with E-state index in [-0.39, 0.29) is 35.9 Å². The van der Waals surface area contributed by atoms with Crippen LogP contribution in [0.5, 0.6) is 0 Å². The van der Waals surface area contributed by atoms with Crippen molar-refractivity contribution in [2.24, 2.45) is 11.0 Å². The van der Waals surface area contributed by atoms with Crippen LogP contribution in [0.15, 0.2) is 47.7 Å². The summed E-state index contributed by atoms with van der Waals surface area (Å²) in [6, 6.07) is 11.5. The average molecular weight is 562 g/mol. The van der Waals surface area contributed by atoms with Crippen molar-refractivity contribution in [3.05, 3.63) is 53.9 Å². The van der Waals surface area contributed by atoms with Crippen LogP contribution in [0.3, 0.4) is 0 Å². The fraction of sp³-hybridized carbons (Fsp3) is 0.533. The normalized spacial score (nSPS) is 20.3. The van der Waals surface area contributed by atoms with E-state index in [1.54, 1.807) is 22.2 Å². The van der Waals surface area contributed by atoms with Gasteiger partial charge < -0.3 is 19.9 Å². The number of hydrogen-bond donors (Lipinski definition) is 1. The summed E-state index contributed by atoms with van der Waals surface area (Å²) in [5.41, 5.74) is 0.860. The van der Waals surface area contributed by atoms with Gasteiger partial charge in [-0.2, -0.15) is 5.10 Å². The van der Waals surface area contributed by atoms with Gasteiger partial charge in [-0.15, -0.1) is 0 Å². The van der Waals surface area contributed by atoms with Gasteiger partial charge in [-0.3, -0.25) is 9.59 Å². The highest BCUT2D eigenvalue weighted by molar-refractivity contribution is 5.92. The second-order valence-corrected chi connectivity index (χ2v) is 11.9. The SMILES string of the molecule is CC(C)(C)OC(=O)N1CCC(NC(=O)c2ccnc(N3CCC(C(=O)N4N=CCC4c4ccccc4)CC3)n2)CC1. The number of rotatable bonds is 5. The summed E-state index contributed by atoms with van der Waals surface area (Å²) in [7, 11) is 0. The first-order valence-corrected chi connectivity index (χ1v) is 14.4. The molecule has 0 saturated carbocycles. The maximum absolute atomic E-state index is 13.4. The number of carbonyl (C=O) groups is 3. The third-order valence-corrected chi connectivity index (χ3v) is 7.72.